The fourth-order valence-corrected chi connectivity index (χ4v) is 0. The summed E-state index contributed by atoms with van der Waals surface area (Å²) >= 11 is 0. The molecule has 0 radical (unpaired) electrons. The van der Waals surface area contributed by atoms with Gasteiger partial charge in [0, 0.05) is 0 Å². The summed E-state index contributed by atoms with van der Waals surface area (Å²) in [5, 5.41) is 0. The maximum Gasteiger partial charge on any atom is 2.00 e. The Balaban J connectivity index is 0. The van der Waals surface area contributed by atoms with Crippen molar-refractivity contribution >= 4 is 103 Å². The molecule has 0 aliphatic heterocycles. The summed E-state index contributed by atoms with van der Waals surface area (Å²) in [6.07, 6.45) is 0. The molecule has 4 heavy (non-hydrogen) atoms. The molecule has 4 heteroatoms. The average Bonchev–Trinajstić information content (AvgIpc) is 0. The minimum atomic E-state index is 0. The van der Waals surface area contributed by atoms with Gasteiger partial charge in [-0.3, -0.25) is 0 Å². The first-order chi connectivity index (χ1) is 0. The van der Waals surface area contributed by atoms with E-state index in [1.54, 1.807) is 0 Å². The Morgan fingerprint density at radius 2 is 1.00 bits per heavy atom. The molecule has 0 N–H and O–H groups in total. The van der Waals surface area contributed by atoms with Crippen LogP contribution in [0.15, 0.2) is 0 Å². The Hall–Kier alpha value is 3.23. The van der Waals surface area contributed by atoms with Gasteiger partial charge in [-0.05, 0) is 11.0 Å². The molecule has 0 aromatic rings. The maximum atomic E-state index is 0. The third kappa shape index (κ3) is 8.97. The number of hydrogen-bond acceptors (Lipinski definition) is 0. The SMILES string of the molecule is [H-].[H-].[H-].[H-].[H-].[H-].[Mg+2].[Mg+2].[SiH4].[Sr+2]. The van der Waals surface area contributed by atoms with Gasteiger partial charge in [-0.25, -0.2) is 0 Å². The molecular formula is H10Mg2SiSr. The molecule has 0 rings (SSSR count). The van der Waals surface area contributed by atoms with Crippen LogP contribution in [0.5, 0.6) is 0 Å². The number of hydrogen-bond donors (Lipinski definition) is 0. The summed E-state index contributed by atoms with van der Waals surface area (Å²) in [4.78, 5) is 0. The summed E-state index contributed by atoms with van der Waals surface area (Å²) in [5.41, 5.74) is 0. The van der Waals surface area contributed by atoms with Crippen molar-refractivity contribution in [1.82, 2.24) is 0 Å². The van der Waals surface area contributed by atoms with Crippen molar-refractivity contribution in [2.45, 2.75) is 0 Å². The van der Waals surface area contributed by atoms with Gasteiger partial charge in [0.25, 0.3) is 0 Å². The van der Waals surface area contributed by atoms with Crippen molar-refractivity contribution < 1.29 is 8.56 Å². The summed E-state index contributed by atoms with van der Waals surface area (Å²) in [6.45, 7) is 0. The van der Waals surface area contributed by atoms with Gasteiger partial charge >= 0.3 is 91.6 Å². The predicted octanol–water partition coefficient (Wildman–Crippen LogP) is -1.92. The van der Waals surface area contributed by atoms with E-state index in [0.29, 0.717) is 0 Å². The average molecular weight is 174 g/mol. The molecule has 20 valence electrons. The zero-order chi connectivity index (χ0) is 0. The summed E-state index contributed by atoms with van der Waals surface area (Å²) in [7, 11) is 0. The molecule has 0 spiro atoms. The Morgan fingerprint density at radius 1 is 1.00 bits per heavy atom. The van der Waals surface area contributed by atoms with Crippen LogP contribution in [0, 0.1) is 0 Å². The quantitative estimate of drug-likeness (QED) is 0.376. The van der Waals surface area contributed by atoms with E-state index in [0.717, 1.165) is 0 Å². The summed E-state index contributed by atoms with van der Waals surface area (Å²) in [5.74, 6) is 0. The van der Waals surface area contributed by atoms with E-state index in [1.165, 1.54) is 0 Å². The topological polar surface area (TPSA) is 0 Å². The molecule has 0 atom stereocenters. The minimum absolute atomic E-state index is 0. The minimum Gasteiger partial charge on any atom is -1.00 e. The van der Waals surface area contributed by atoms with Crippen molar-refractivity contribution in [2.75, 3.05) is 0 Å². The largest absolute Gasteiger partial charge is 2.00 e. The van der Waals surface area contributed by atoms with Gasteiger partial charge in [0.1, 0.15) is 0 Å². The molecule has 0 aromatic heterocycles. The summed E-state index contributed by atoms with van der Waals surface area (Å²) < 4.78 is 0. The van der Waals surface area contributed by atoms with Gasteiger partial charge in [-0.15, -0.1) is 0 Å². The van der Waals surface area contributed by atoms with E-state index in [1.807, 2.05) is 0 Å². The van der Waals surface area contributed by atoms with Crippen LogP contribution < -0.4 is 0 Å². The smallest absolute Gasteiger partial charge is 1.00 e. The monoisotopic (exact) mass is 174 g/mol. The second-order valence-electron chi connectivity index (χ2n) is 0. The molecule has 0 bridgehead atoms. The van der Waals surface area contributed by atoms with Crippen molar-refractivity contribution in [3.8, 4) is 0 Å². The molecule has 0 unspecified atom stereocenters. The maximum absolute atomic E-state index is 0. The molecule has 0 saturated heterocycles. The van der Waals surface area contributed by atoms with Gasteiger partial charge in [-0.1, -0.05) is 0 Å². The Kier molecular flexibility index (Phi) is 110. The van der Waals surface area contributed by atoms with Crippen LogP contribution in [0.25, 0.3) is 0 Å². The zero-order valence-corrected chi connectivity index (χ0v) is 8.43. The molecule has 0 nitrogen and oxygen atoms in total. The normalized spacial score (nSPS) is 0. The first-order valence-corrected chi connectivity index (χ1v) is 0. The van der Waals surface area contributed by atoms with Gasteiger partial charge in [-0.2, -0.15) is 0 Å². The Morgan fingerprint density at radius 3 is 1.00 bits per heavy atom. The number of rotatable bonds is 0. The summed E-state index contributed by atoms with van der Waals surface area (Å²) in [6, 6.07) is 0. The molecule has 0 aliphatic carbocycles. The van der Waals surface area contributed by atoms with E-state index < -0.39 is 0 Å². The zero-order valence-electron chi connectivity index (χ0n) is 8.12. The van der Waals surface area contributed by atoms with Crippen molar-refractivity contribution in [3.63, 3.8) is 0 Å². The Bertz CT molecular complexity index is 15.7. The standard InChI is InChI=1S/2Mg.H4Si.Sr.6H/h;;1H4;;;;;;;/q2*+2;;+2;6*-1. The van der Waals surface area contributed by atoms with E-state index >= 15 is 0 Å². The van der Waals surface area contributed by atoms with Crippen LogP contribution >= 0.6 is 0 Å². The molecule has 0 saturated carbocycles. The second-order valence-corrected chi connectivity index (χ2v) is 0. The first kappa shape index (κ1) is 26.9. The van der Waals surface area contributed by atoms with Crippen LogP contribution in [0.1, 0.15) is 8.56 Å². The molecular weight excluding hydrogens is 164 g/mol. The fourth-order valence-electron chi connectivity index (χ4n) is 0. The Labute approximate surface area is 109 Å². The van der Waals surface area contributed by atoms with Crippen LogP contribution in [-0.4, -0.2) is 103 Å². The van der Waals surface area contributed by atoms with Crippen molar-refractivity contribution in [2.24, 2.45) is 0 Å². The predicted molar refractivity (Wildman–Crippen MR) is 35.3 cm³/mol. The third-order valence-electron chi connectivity index (χ3n) is 0. The van der Waals surface area contributed by atoms with Crippen molar-refractivity contribution in [1.29, 1.82) is 0 Å². The molecule has 0 aromatic carbocycles. The van der Waals surface area contributed by atoms with Gasteiger partial charge in [0.05, 0.1) is 0 Å². The van der Waals surface area contributed by atoms with E-state index in [-0.39, 0.29) is 111 Å². The van der Waals surface area contributed by atoms with E-state index in [9.17, 15) is 0 Å². The van der Waals surface area contributed by atoms with Crippen LogP contribution in [0.4, 0.5) is 0 Å². The van der Waals surface area contributed by atoms with Gasteiger partial charge < -0.3 is 8.56 Å². The van der Waals surface area contributed by atoms with Gasteiger partial charge in [0.2, 0.25) is 0 Å². The molecule has 0 aliphatic rings. The van der Waals surface area contributed by atoms with Crippen molar-refractivity contribution in [3.05, 3.63) is 0 Å². The van der Waals surface area contributed by atoms with E-state index in [2.05, 4.69) is 0 Å². The third-order valence-corrected chi connectivity index (χ3v) is 0. The molecule has 0 heterocycles. The van der Waals surface area contributed by atoms with Gasteiger partial charge in [0.15, 0.2) is 0 Å². The van der Waals surface area contributed by atoms with Crippen LogP contribution in [0.3, 0.4) is 0 Å². The first-order valence-electron chi connectivity index (χ1n) is 0. The van der Waals surface area contributed by atoms with Crippen LogP contribution in [0.2, 0.25) is 0 Å². The molecule has 0 fully saturated rings. The second kappa shape index (κ2) is 16.3. The fraction of sp³-hybridized carbons (Fsp3) is 0. The van der Waals surface area contributed by atoms with Crippen LogP contribution in [-0.2, 0) is 0 Å². The molecule has 0 amide bonds. The van der Waals surface area contributed by atoms with E-state index in [4.69, 9.17) is 0 Å².